The summed E-state index contributed by atoms with van der Waals surface area (Å²) >= 11 is 0. The van der Waals surface area contributed by atoms with Crippen molar-refractivity contribution in [3.05, 3.63) is 0 Å². The first kappa shape index (κ1) is 21.2. The van der Waals surface area contributed by atoms with Crippen molar-refractivity contribution in [1.82, 2.24) is 15.5 Å². The number of nitrogens with one attached hydrogen (secondary N) is 2. The molecule has 1 amide bonds. The van der Waals surface area contributed by atoms with Crippen molar-refractivity contribution < 1.29 is 9.00 Å². The number of carbonyl (C=O) groups is 1. The van der Waals surface area contributed by atoms with Crippen LogP contribution in [0.4, 0.5) is 0 Å². The van der Waals surface area contributed by atoms with Gasteiger partial charge in [-0.05, 0) is 47.0 Å². The Hall–Kier alpha value is -1.11. The van der Waals surface area contributed by atoms with E-state index in [2.05, 4.69) is 15.6 Å². The van der Waals surface area contributed by atoms with E-state index in [-0.39, 0.29) is 16.7 Å². The lowest BCUT2D eigenvalue weighted by molar-refractivity contribution is -0.134. The molecule has 0 radical (unpaired) electrons. The fraction of sp³-hybridized carbons (Fsp3) is 0.895. The first-order valence-corrected chi connectivity index (χ1v) is 11.3. The minimum Gasteiger partial charge on any atom is -0.357 e. The summed E-state index contributed by atoms with van der Waals surface area (Å²) < 4.78 is 11.9. The summed E-state index contributed by atoms with van der Waals surface area (Å²) in [6.45, 7) is 10.9. The standard InChI is InChI=1S/C19H36N4O2S/c1-5-20-18(21-11-13-26(25)19(2,3)4)22-16-10-12-23(14-16)17(24)15-8-6-7-9-15/h15-16H,5-14H2,1-4H3,(H2,20,21,22). The van der Waals surface area contributed by atoms with Crippen molar-refractivity contribution in [2.45, 2.75) is 70.6 Å². The van der Waals surface area contributed by atoms with E-state index in [0.717, 1.165) is 44.9 Å². The predicted molar refractivity (Wildman–Crippen MR) is 109 cm³/mol. The molecule has 2 unspecified atom stereocenters. The van der Waals surface area contributed by atoms with E-state index >= 15 is 0 Å². The molecule has 2 N–H and O–H groups in total. The molecule has 2 rings (SSSR count). The summed E-state index contributed by atoms with van der Waals surface area (Å²) in [5.74, 6) is 1.92. The molecule has 0 bridgehead atoms. The molecule has 7 heteroatoms. The summed E-state index contributed by atoms with van der Waals surface area (Å²) in [5.41, 5.74) is 0. The van der Waals surface area contributed by atoms with Gasteiger partial charge in [-0.2, -0.15) is 0 Å². The Bertz CT molecular complexity index is 524. The van der Waals surface area contributed by atoms with Crippen LogP contribution in [0.2, 0.25) is 0 Å². The van der Waals surface area contributed by atoms with Gasteiger partial charge in [0.2, 0.25) is 5.91 Å². The Morgan fingerprint density at radius 2 is 1.92 bits per heavy atom. The Morgan fingerprint density at radius 3 is 2.54 bits per heavy atom. The van der Waals surface area contributed by atoms with Gasteiger partial charge < -0.3 is 15.5 Å². The molecule has 0 aromatic carbocycles. The third-order valence-electron chi connectivity index (χ3n) is 5.12. The summed E-state index contributed by atoms with van der Waals surface area (Å²) in [6, 6.07) is 0.242. The van der Waals surface area contributed by atoms with Crippen LogP contribution in [0.1, 0.15) is 59.8 Å². The lowest BCUT2D eigenvalue weighted by atomic mass is 10.1. The Labute approximate surface area is 161 Å². The molecule has 1 aliphatic carbocycles. The number of rotatable bonds is 6. The molecule has 0 spiro atoms. The molecule has 0 aromatic heterocycles. The van der Waals surface area contributed by atoms with Gasteiger partial charge in [0.15, 0.2) is 5.96 Å². The molecular formula is C19H36N4O2S. The molecule has 1 saturated heterocycles. The molecule has 0 aromatic rings. The van der Waals surface area contributed by atoms with Crippen LogP contribution in [-0.2, 0) is 15.6 Å². The summed E-state index contributed by atoms with van der Waals surface area (Å²) in [4.78, 5) is 19.2. The van der Waals surface area contributed by atoms with E-state index in [1.165, 1.54) is 12.8 Å². The second-order valence-corrected chi connectivity index (χ2v) is 10.6. The molecule has 26 heavy (non-hydrogen) atoms. The van der Waals surface area contributed by atoms with Gasteiger partial charge in [0, 0.05) is 52.9 Å². The average molecular weight is 385 g/mol. The summed E-state index contributed by atoms with van der Waals surface area (Å²) in [5, 5.41) is 6.71. The number of carbonyl (C=O) groups excluding carboxylic acids is 1. The first-order chi connectivity index (χ1) is 12.3. The molecular weight excluding hydrogens is 348 g/mol. The number of hydrogen-bond donors (Lipinski definition) is 2. The molecule has 1 aliphatic heterocycles. The number of amides is 1. The molecule has 2 fully saturated rings. The Morgan fingerprint density at radius 1 is 1.23 bits per heavy atom. The van der Waals surface area contributed by atoms with Gasteiger partial charge in [0.25, 0.3) is 0 Å². The SMILES string of the molecule is CCNC(=NCCS(=O)C(C)(C)C)NC1CCN(C(=O)C2CCCC2)C1. The molecule has 2 aliphatic rings. The normalized spacial score (nSPS) is 23.3. The van der Waals surface area contributed by atoms with Crippen molar-refractivity contribution in [3.63, 3.8) is 0 Å². The molecule has 2 atom stereocenters. The highest BCUT2D eigenvalue weighted by atomic mass is 32.2. The van der Waals surface area contributed by atoms with Crippen LogP contribution < -0.4 is 10.6 Å². The van der Waals surface area contributed by atoms with Crippen LogP contribution in [-0.4, -0.2) is 63.7 Å². The molecule has 1 saturated carbocycles. The topological polar surface area (TPSA) is 73.8 Å². The van der Waals surface area contributed by atoms with Gasteiger partial charge in [-0.3, -0.25) is 14.0 Å². The number of aliphatic imine (C=N–C) groups is 1. The fourth-order valence-corrected chi connectivity index (χ4v) is 4.44. The third-order valence-corrected chi connectivity index (χ3v) is 7.04. The minimum atomic E-state index is -0.891. The zero-order valence-electron chi connectivity index (χ0n) is 16.8. The molecule has 150 valence electrons. The minimum absolute atomic E-state index is 0.201. The van der Waals surface area contributed by atoms with E-state index < -0.39 is 10.8 Å². The van der Waals surface area contributed by atoms with Crippen molar-refractivity contribution in [2.75, 3.05) is 31.9 Å². The Kier molecular flexibility index (Phi) is 7.92. The highest BCUT2D eigenvalue weighted by Crippen LogP contribution is 2.27. The van der Waals surface area contributed by atoms with E-state index in [1.54, 1.807) is 0 Å². The van der Waals surface area contributed by atoms with Crippen LogP contribution >= 0.6 is 0 Å². The van der Waals surface area contributed by atoms with Gasteiger partial charge in [0.1, 0.15) is 0 Å². The van der Waals surface area contributed by atoms with Crippen LogP contribution in [0.3, 0.4) is 0 Å². The van der Waals surface area contributed by atoms with E-state index in [1.807, 2.05) is 32.6 Å². The zero-order chi connectivity index (χ0) is 19.2. The highest BCUT2D eigenvalue weighted by Gasteiger charge is 2.32. The van der Waals surface area contributed by atoms with E-state index in [0.29, 0.717) is 18.2 Å². The average Bonchev–Trinajstić information content (AvgIpc) is 3.25. The monoisotopic (exact) mass is 384 g/mol. The lowest BCUT2D eigenvalue weighted by Crippen LogP contribution is -2.45. The zero-order valence-corrected chi connectivity index (χ0v) is 17.7. The quantitative estimate of drug-likeness (QED) is 0.542. The van der Waals surface area contributed by atoms with Crippen molar-refractivity contribution >= 4 is 22.7 Å². The second-order valence-electron chi connectivity index (χ2n) is 8.32. The van der Waals surface area contributed by atoms with E-state index in [9.17, 15) is 9.00 Å². The smallest absolute Gasteiger partial charge is 0.225 e. The van der Waals surface area contributed by atoms with Gasteiger partial charge in [-0.25, -0.2) is 0 Å². The van der Waals surface area contributed by atoms with Gasteiger partial charge in [-0.15, -0.1) is 0 Å². The summed E-state index contributed by atoms with van der Waals surface area (Å²) in [7, 11) is -0.891. The predicted octanol–water partition coefficient (Wildman–Crippen LogP) is 1.88. The van der Waals surface area contributed by atoms with Gasteiger partial charge >= 0.3 is 0 Å². The second kappa shape index (κ2) is 9.72. The lowest BCUT2D eigenvalue weighted by Gasteiger charge is -2.21. The van der Waals surface area contributed by atoms with Crippen LogP contribution in [0.5, 0.6) is 0 Å². The Balaban J connectivity index is 1.82. The summed E-state index contributed by atoms with van der Waals surface area (Å²) in [6.07, 6.45) is 5.46. The van der Waals surface area contributed by atoms with E-state index in [4.69, 9.17) is 0 Å². The largest absolute Gasteiger partial charge is 0.357 e. The van der Waals surface area contributed by atoms with Crippen molar-refractivity contribution in [3.8, 4) is 0 Å². The van der Waals surface area contributed by atoms with Crippen LogP contribution in [0.25, 0.3) is 0 Å². The number of hydrogen-bond acceptors (Lipinski definition) is 3. The van der Waals surface area contributed by atoms with Crippen molar-refractivity contribution in [1.29, 1.82) is 0 Å². The number of likely N-dealkylation sites (tertiary alicyclic amines) is 1. The molecule has 1 heterocycles. The van der Waals surface area contributed by atoms with Crippen LogP contribution in [0.15, 0.2) is 4.99 Å². The molecule has 6 nitrogen and oxygen atoms in total. The first-order valence-electron chi connectivity index (χ1n) is 10.0. The maximum Gasteiger partial charge on any atom is 0.225 e. The van der Waals surface area contributed by atoms with Crippen LogP contribution in [0, 0.1) is 5.92 Å². The van der Waals surface area contributed by atoms with Gasteiger partial charge in [0.05, 0.1) is 6.54 Å². The van der Waals surface area contributed by atoms with Gasteiger partial charge in [-0.1, -0.05) is 12.8 Å². The maximum atomic E-state index is 12.6. The number of guanidine groups is 1. The van der Waals surface area contributed by atoms with Crippen molar-refractivity contribution in [2.24, 2.45) is 10.9 Å². The number of nitrogens with zero attached hydrogens (tertiary/aromatic N) is 2. The highest BCUT2D eigenvalue weighted by molar-refractivity contribution is 7.86. The maximum absolute atomic E-state index is 12.6. The fourth-order valence-electron chi connectivity index (χ4n) is 3.57. The third kappa shape index (κ3) is 6.25.